The van der Waals surface area contributed by atoms with Gasteiger partial charge in [-0.15, -0.1) is 11.8 Å². The molecule has 18 heavy (non-hydrogen) atoms. The van der Waals surface area contributed by atoms with Crippen molar-refractivity contribution in [2.24, 2.45) is 5.92 Å². The van der Waals surface area contributed by atoms with E-state index in [2.05, 4.69) is 13.0 Å². The molecule has 0 saturated carbocycles. The van der Waals surface area contributed by atoms with Crippen LogP contribution in [0.5, 0.6) is 0 Å². The average Bonchev–Trinajstić information content (AvgIpc) is 2.36. The highest BCUT2D eigenvalue weighted by atomic mass is 32.2. The van der Waals surface area contributed by atoms with Crippen LogP contribution in [0.2, 0.25) is 0 Å². The van der Waals surface area contributed by atoms with Gasteiger partial charge in [-0.1, -0.05) is 19.4 Å². The number of unbranched alkanes of at least 4 members (excludes halogenated alkanes) is 1. The summed E-state index contributed by atoms with van der Waals surface area (Å²) >= 11 is 1.62. The fourth-order valence-corrected chi connectivity index (χ4v) is 3.38. The maximum atomic E-state index is 12.3. The van der Waals surface area contributed by atoms with Crippen LogP contribution in [-0.4, -0.2) is 17.3 Å². The quantitative estimate of drug-likeness (QED) is 0.779. The van der Waals surface area contributed by atoms with E-state index in [0.717, 1.165) is 29.7 Å². The molecule has 1 aromatic carbocycles. The summed E-state index contributed by atoms with van der Waals surface area (Å²) in [6, 6.07) is 6.11. The number of Topliss-reactive ketones (excluding diaryl/α,β-unsaturated/α-hetero) is 2. The zero-order valence-corrected chi connectivity index (χ0v) is 11.7. The van der Waals surface area contributed by atoms with Gasteiger partial charge in [0.05, 0.1) is 5.92 Å². The van der Waals surface area contributed by atoms with Crippen molar-refractivity contribution >= 4 is 23.3 Å². The molecule has 1 aromatic rings. The van der Waals surface area contributed by atoms with Crippen molar-refractivity contribution in [3.63, 3.8) is 0 Å². The van der Waals surface area contributed by atoms with Gasteiger partial charge in [-0.25, -0.2) is 0 Å². The topological polar surface area (TPSA) is 34.1 Å². The second-order valence-electron chi connectivity index (χ2n) is 4.77. The molecule has 2 nitrogen and oxygen atoms in total. The number of rotatable bonds is 4. The summed E-state index contributed by atoms with van der Waals surface area (Å²) in [5.41, 5.74) is 1.95. The molecule has 1 heterocycles. The Kier molecular flexibility index (Phi) is 4.23. The maximum Gasteiger partial charge on any atom is 0.175 e. The molecule has 3 heteroatoms. The molecule has 1 atom stereocenters. The Labute approximate surface area is 112 Å². The molecule has 1 aliphatic heterocycles. The van der Waals surface area contributed by atoms with Gasteiger partial charge in [0.1, 0.15) is 5.78 Å². The second kappa shape index (κ2) is 5.70. The summed E-state index contributed by atoms with van der Waals surface area (Å²) in [4.78, 5) is 24.7. The zero-order chi connectivity index (χ0) is 13.1. The van der Waals surface area contributed by atoms with E-state index in [0.29, 0.717) is 5.75 Å². The molecule has 0 fully saturated rings. The van der Waals surface area contributed by atoms with Gasteiger partial charge in [0.25, 0.3) is 0 Å². The van der Waals surface area contributed by atoms with Crippen LogP contribution in [0.4, 0.5) is 0 Å². The van der Waals surface area contributed by atoms with E-state index in [9.17, 15) is 9.59 Å². The zero-order valence-electron chi connectivity index (χ0n) is 10.9. The maximum absolute atomic E-state index is 12.3. The predicted octanol–water partition coefficient (Wildman–Crippen LogP) is 3.52. The highest BCUT2D eigenvalue weighted by Crippen LogP contribution is 2.34. The van der Waals surface area contributed by atoms with Crippen molar-refractivity contribution in [3.8, 4) is 0 Å². The van der Waals surface area contributed by atoms with E-state index >= 15 is 0 Å². The molecule has 0 radical (unpaired) electrons. The number of fused-ring (bicyclic) bond motifs is 1. The van der Waals surface area contributed by atoms with Gasteiger partial charge in [-0.2, -0.15) is 0 Å². The lowest BCUT2D eigenvalue weighted by Gasteiger charge is -2.21. The molecule has 0 N–H and O–H groups in total. The molecule has 0 aromatic heterocycles. The summed E-state index contributed by atoms with van der Waals surface area (Å²) in [5, 5.41) is 0. The first kappa shape index (κ1) is 13.3. The fraction of sp³-hybridized carbons (Fsp3) is 0.467. The third-order valence-corrected chi connectivity index (χ3v) is 4.51. The number of hydrogen-bond donors (Lipinski definition) is 0. The third-order valence-electron chi connectivity index (χ3n) is 3.34. The van der Waals surface area contributed by atoms with E-state index < -0.39 is 5.92 Å². The normalized spacial score (nSPS) is 18.6. The Morgan fingerprint density at radius 1 is 1.44 bits per heavy atom. The Balaban J connectivity index is 2.27. The van der Waals surface area contributed by atoms with E-state index in [1.165, 1.54) is 12.5 Å². The number of thioether (sulfide) groups is 1. The minimum Gasteiger partial charge on any atom is -0.299 e. The van der Waals surface area contributed by atoms with Crippen molar-refractivity contribution in [1.82, 2.24) is 0 Å². The lowest BCUT2D eigenvalue weighted by atomic mass is 9.93. The van der Waals surface area contributed by atoms with Gasteiger partial charge in [0.2, 0.25) is 0 Å². The standard InChI is InChI=1S/C15H18O2S/c1-3-4-5-11-6-7-14-12(8-11)15(17)13(9-18-14)10(2)16/h6-8,13H,3-5,9H2,1-2H3/t13-/m0/s1. The lowest BCUT2D eigenvalue weighted by molar-refractivity contribution is -0.118. The van der Waals surface area contributed by atoms with Crippen molar-refractivity contribution in [2.75, 3.05) is 5.75 Å². The van der Waals surface area contributed by atoms with Crippen LogP contribution in [0.3, 0.4) is 0 Å². The summed E-state index contributed by atoms with van der Waals surface area (Å²) in [6.45, 7) is 3.67. The number of aryl methyl sites for hydroxylation is 1. The lowest BCUT2D eigenvalue weighted by Crippen LogP contribution is -2.28. The molecule has 0 saturated heterocycles. The Morgan fingerprint density at radius 2 is 2.22 bits per heavy atom. The van der Waals surface area contributed by atoms with Crippen LogP contribution in [0.1, 0.15) is 42.6 Å². The fourth-order valence-electron chi connectivity index (χ4n) is 2.17. The van der Waals surface area contributed by atoms with Gasteiger partial charge < -0.3 is 0 Å². The van der Waals surface area contributed by atoms with Crippen LogP contribution < -0.4 is 0 Å². The van der Waals surface area contributed by atoms with Crippen molar-refractivity contribution in [2.45, 2.75) is 38.0 Å². The highest BCUT2D eigenvalue weighted by Gasteiger charge is 2.31. The first-order chi connectivity index (χ1) is 8.63. The Hall–Kier alpha value is -1.09. The summed E-state index contributed by atoms with van der Waals surface area (Å²) in [5.74, 6) is 0.144. The van der Waals surface area contributed by atoms with Gasteiger partial charge in [0, 0.05) is 16.2 Å². The molecule has 0 aliphatic carbocycles. The van der Waals surface area contributed by atoms with Gasteiger partial charge in [0.15, 0.2) is 5.78 Å². The smallest absolute Gasteiger partial charge is 0.175 e. The van der Waals surface area contributed by atoms with Crippen LogP contribution in [0.25, 0.3) is 0 Å². The van der Waals surface area contributed by atoms with Crippen LogP contribution in [0.15, 0.2) is 23.1 Å². The first-order valence-electron chi connectivity index (χ1n) is 6.44. The van der Waals surface area contributed by atoms with Crippen LogP contribution in [-0.2, 0) is 11.2 Å². The number of carbonyl (C=O) groups is 2. The third kappa shape index (κ3) is 2.66. The van der Waals surface area contributed by atoms with Crippen LogP contribution >= 0.6 is 11.8 Å². The molecule has 0 spiro atoms. The highest BCUT2D eigenvalue weighted by molar-refractivity contribution is 7.99. The largest absolute Gasteiger partial charge is 0.299 e. The van der Waals surface area contributed by atoms with E-state index in [1.54, 1.807) is 11.8 Å². The number of hydrogen-bond acceptors (Lipinski definition) is 3. The first-order valence-corrected chi connectivity index (χ1v) is 7.42. The molecule has 1 aliphatic rings. The van der Waals surface area contributed by atoms with E-state index in [1.807, 2.05) is 12.1 Å². The predicted molar refractivity (Wildman–Crippen MR) is 74.3 cm³/mol. The minimum absolute atomic E-state index is 0.00889. The molecule has 0 amide bonds. The van der Waals surface area contributed by atoms with Crippen LogP contribution in [0, 0.1) is 5.92 Å². The van der Waals surface area contributed by atoms with Crippen molar-refractivity contribution in [1.29, 1.82) is 0 Å². The van der Waals surface area contributed by atoms with Gasteiger partial charge >= 0.3 is 0 Å². The van der Waals surface area contributed by atoms with E-state index in [-0.39, 0.29) is 11.6 Å². The SMILES string of the molecule is CCCCc1ccc2c(c1)C(=O)[C@H](C(C)=O)CS2. The average molecular weight is 262 g/mol. The summed E-state index contributed by atoms with van der Waals surface area (Å²) in [7, 11) is 0. The summed E-state index contributed by atoms with van der Waals surface area (Å²) < 4.78 is 0. The molecule has 96 valence electrons. The second-order valence-corrected chi connectivity index (χ2v) is 5.83. The van der Waals surface area contributed by atoms with Crippen molar-refractivity contribution < 1.29 is 9.59 Å². The minimum atomic E-state index is -0.441. The Morgan fingerprint density at radius 3 is 2.89 bits per heavy atom. The molecular formula is C15H18O2S. The molecular weight excluding hydrogens is 244 g/mol. The van der Waals surface area contributed by atoms with Crippen molar-refractivity contribution in [3.05, 3.63) is 29.3 Å². The van der Waals surface area contributed by atoms with E-state index in [4.69, 9.17) is 0 Å². The number of benzene rings is 1. The monoisotopic (exact) mass is 262 g/mol. The molecule has 0 bridgehead atoms. The number of carbonyl (C=O) groups excluding carboxylic acids is 2. The Bertz CT molecular complexity index is 479. The van der Waals surface area contributed by atoms with Gasteiger partial charge in [-0.3, -0.25) is 9.59 Å². The molecule has 0 unspecified atom stereocenters. The molecule has 2 rings (SSSR count). The number of ketones is 2. The summed E-state index contributed by atoms with van der Waals surface area (Å²) in [6.07, 6.45) is 3.29. The van der Waals surface area contributed by atoms with Gasteiger partial charge in [-0.05, 0) is 37.5 Å².